The molecule has 0 bridgehead atoms. The van der Waals surface area contributed by atoms with Crippen LogP contribution in [0.1, 0.15) is 12.8 Å². The zero-order valence-electron chi connectivity index (χ0n) is 11.9. The topological polar surface area (TPSA) is 58.0 Å². The highest BCUT2D eigenvalue weighted by atomic mass is 35.5. The molecule has 0 amide bonds. The van der Waals surface area contributed by atoms with Gasteiger partial charge in [0.2, 0.25) is 0 Å². The van der Waals surface area contributed by atoms with Crippen LogP contribution >= 0.6 is 11.6 Å². The van der Waals surface area contributed by atoms with Gasteiger partial charge in [-0.1, -0.05) is 11.6 Å². The minimum atomic E-state index is 0.396. The molecule has 1 fully saturated rings. The fourth-order valence-electron chi connectivity index (χ4n) is 2.70. The molecule has 3 heterocycles. The SMILES string of the molecule is CN(CC1CCCN1c1cccnn1)c1cncc(Cl)n1. The highest BCUT2D eigenvalue weighted by molar-refractivity contribution is 6.29. The summed E-state index contributed by atoms with van der Waals surface area (Å²) in [5.41, 5.74) is 0. The number of likely N-dealkylation sites (N-methyl/N-ethyl adjacent to an activating group) is 1. The van der Waals surface area contributed by atoms with Crippen LogP contribution in [0.25, 0.3) is 0 Å². The molecule has 0 saturated carbocycles. The minimum absolute atomic E-state index is 0.396. The quantitative estimate of drug-likeness (QED) is 0.861. The fraction of sp³-hybridized carbons (Fsp3) is 0.429. The Bertz CT molecular complexity index is 593. The zero-order chi connectivity index (χ0) is 14.7. The van der Waals surface area contributed by atoms with Crippen molar-refractivity contribution in [3.05, 3.63) is 35.9 Å². The molecule has 0 radical (unpaired) electrons. The van der Waals surface area contributed by atoms with E-state index in [4.69, 9.17) is 11.6 Å². The molecule has 1 unspecified atom stereocenters. The maximum atomic E-state index is 5.90. The number of hydrogen-bond donors (Lipinski definition) is 0. The number of rotatable bonds is 4. The smallest absolute Gasteiger partial charge is 0.151 e. The molecule has 1 aliphatic heterocycles. The van der Waals surface area contributed by atoms with E-state index in [-0.39, 0.29) is 0 Å². The van der Waals surface area contributed by atoms with Gasteiger partial charge in [0.05, 0.1) is 12.4 Å². The van der Waals surface area contributed by atoms with Crippen molar-refractivity contribution in [1.29, 1.82) is 0 Å². The van der Waals surface area contributed by atoms with Crippen LogP contribution in [0, 0.1) is 0 Å². The number of aromatic nitrogens is 4. The van der Waals surface area contributed by atoms with Gasteiger partial charge in [-0.2, -0.15) is 5.10 Å². The highest BCUT2D eigenvalue weighted by Gasteiger charge is 2.27. The highest BCUT2D eigenvalue weighted by Crippen LogP contribution is 2.24. The van der Waals surface area contributed by atoms with Gasteiger partial charge < -0.3 is 9.80 Å². The summed E-state index contributed by atoms with van der Waals surface area (Å²) < 4.78 is 0. The second-order valence-electron chi connectivity index (χ2n) is 5.15. The average molecular weight is 305 g/mol. The van der Waals surface area contributed by atoms with Crippen LogP contribution in [0.3, 0.4) is 0 Å². The van der Waals surface area contributed by atoms with E-state index in [0.717, 1.165) is 37.6 Å². The second-order valence-corrected chi connectivity index (χ2v) is 5.54. The predicted molar refractivity (Wildman–Crippen MR) is 82.7 cm³/mol. The number of halogens is 1. The van der Waals surface area contributed by atoms with Gasteiger partial charge in [0.1, 0.15) is 11.0 Å². The van der Waals surface area contributed by atoms with Gasteiger partial charge in [0.25, 0.3) is 0 Å². The van der Waals surface area contributed by atoms with Crippen molar-refractivity contribution in [2.24, 2.45) is 0 Å². The van der Waals surface area contributed by atoms with Gasteiger partial charge >= 0.3 is 0 Å². The summed E-state index contributed by atoms with van der Waals surface area (Å²) in [4.78, 5) is 12.8. The van der Waals surface area contributed by atoms with Crippen LogP contribution in [0.4, 0.5) is 11.6 Å². The number of anilines is 2. The van der Waals surface area contributed by atoms with Crippen molar-refractivity contribution >= 4 is 23.2 Å². The molecule has 21 heavy (non-hydrogen) atoms. The maximum Gasteiger partial charge on any atom is 0.151 e. The Morgan fingerprint density at radius 1 is 1.43 bits per heavy atom. The lowest BCUT2D eigenvalue weighted by molar-refractivity contribution is 0.643. The molecular weight excluding hydrogens is 288 g/mol. The van der Waals surface area contributed by atoms with Crippen molar-refractivity contribution in [2.75, 3.05) is 29.9 Å². The molecule has 0 aromatic carbocycles. The Balaban J connectivity index is 1.72. The predicted octanol–water partition coefficient (Wildman–Crippen LogP) is 2.03. The van der Waals surface area contributed by atoms with E-state index in [1.807, 2.05) is 19.2 Å². The van der Waals surface area contributed by atoms with E-state index in [2.05, 4.69) is 30.0 Å². The first-order valence-electron chi connectivity index (χ1n) is 6.97. The number of hydrogen-bond acceptors (Lipinski definition) is 6. The molecule has 0 aliphatic carbocycles. The van der Waals surface area contributed by atoms with Crippen LogP contribution in [0.5, 0.6) is 0 Å². The summed E-state index contributed by atoms with van der Waals surface area (Å²) in [6.07, 6.45) is 7.27. The molecule has 3 rings (SSSR count). The Morgan fingerprint density at radius 2 is 2.33 bits per heavy atom. The second kappa shape index (κ2) is 6.22. The molecule has 1 atom stereocenters. The van der Waals surface area contributed by atoms with Crippen LogP contribution < -0.4 is 9.80 Å². The van der Waals surface area contributed by atoms with Crippen molar-refractivity contribution in [2.45, 2.75) is 18.9 Å². The molecule has 6 nitrogen and oxygen atoms in total. The Labute approximate surface area is 128 Å². The first-order valence-corrected chi connectivity index (χ1v) is 7.35. The van der Waals surface area contributed by atoms with Crippen molar-refractivity contribution in [1.82, 2.24) is 20.2 Å². The summed E-state index contributed by atoms with van der Waals surface area (Å²) in [6, 6.07) is 4.32. The van der Waals surface area contributed by atoms with Gasteiger partial charge in [0, 0.05) is 32.4 Å². The summed E-state index contributed by atoms with van der Waals surface area (Å²) in [5, 5.41) is 8.59. The number of nitrogens with zero attached hydrogens (tertiary/aromatic N) is 6. The van der Waals surface area contributed by atoms with E-state index in [9.17, 15) is 0 Å². The molecular formula is C14H17ClN6. The third kappa shape index (κ3) is 3.21. The first-order chi connectivity index (χ1) is 10.2. The van der Waals surface area contributed by atoms with Crippen molar-refractivity contribution < 1.29 is 0 Å². The van der Waals surface area contributed by atoms with E-state index < -0.39 is 0 Å². The van der Waals surface area contributed by atoms with E-state index in [0.29, 0.717) is 11.2 Å². The fourth-order valence-corrected chi connectivity index (χ4v) is 2.84. The summed E-state index contributed by atoms with van der Waals surface area (Å²) in [7, 11) is 2.01. The molecule has 1 aliphatic rings. The van der Waals surface area contributed by atoms with Gasteiger partial charge in [-0.05, 0) is 25.0 Å². The maximum absolute atomic E-state index is 5.90. The third-order valence-electron chi connectivity index (χ3n) is 3.70. The molecule has 110 valence electrons. The Morgan fingerprint density at radius 3 is 3.10 bits per heavy atom. The molecule has 2 aromatic heterocycles. The molecule has 0 N–H and O–H groups in total. The average Bonchev–Trinajstić information content (AvgIpc) is 2.96. The van der Waals surface area contributed by atoms with E-state index >= 15 is 0 Å². The standard InChI is InChI=1S/C14H17ClN6/c1-20(14-9-16-8-12(15)18-14)10-11-4-3-7-21(11)13-5-2-6-17-19-13/h2,5-6,8-9,11H,3-4,7,10H2,1H3. The van der Waals surface area contributed by atoms with Crippen LogP contribution in [-0.2, 0) is 0 Å². The Kier molecular flexibility index (Phi) is 4.15. The summed E-state index contributed by atoms with van der Waals surface area (Å²) in [6.45, 7) is 1.87. The first kappa shape index (κ1) is 14.0. The van der Waals surface area contributed by atoms with Gasteiger partial charge in [-0.25, -0.2) is 4.98 Å². The lowest BCUT2D eigenvalue weighted by Crippen LogP contribution is -2.39. The van der Waals surface area contributed by atoms with Gasteiger partial charge in [0.15, 0.2) is 5.82 Å². The molecule has 7 heteroatoms. The molecule has 0 spiro atoms. The largest absolute Gasteiger partial charge is 0.356 e. The van der Waals surface area contributed by atoms with E-state index in [1.54, 1.807) is 18.6 Å². The van der Waals surface area contributed by atoms with E-state index in [1.165, 1.54) is 0 Å². The van der Waals surface area contributed by atoms with Gasteiger partial charge in [-0.15, -0.1) is 5.10 Å². The zero-order valence-corrected chi connectivity index (χ0v) is 12.6. The minimum Gasteiger partial charge on any atom is -0.356 e. The summed E-state index contributed by atoms with van der Waals surface area (Å²) in [5.74, 6) is 1.72. The molecule has 1 saturated heterocycles. The van der Waals surface area contributed by atoms with Crippen LogP contribution in [0.2, 0.25) is 5.15 Å². The third-order valence-corrected chi connectivity index (χ3v) is 3.88. The van der Waals surface area contributed by atoms with Gasteiger partial charge in [-0.3, -0.25) is 4.98 Å². The summed E-state index contributed by atoms with van der Waals surface area (Å²) >= 11 is 5.90. The van der Waals surface area contributed by atoms with Crippen molar-refractivity contribution in [3.8, 4) is 0 Å². The van der Waals surface area contributed by atoms with Crippen LogP contribution in [-0.4, -0.2) is 46.3 Å². The lowest BCUT2D eigenvalue weighted by Gasteiger charge is -2.29. The van der Waals surface area contributed by atoms with Crippen molar-refractivity contribution in [3.63, 3.8) is 0 Å². The lowest BCUT2D eigenvalue weighted by atomic mass is 10.2. The molecule has 2 aromatic rings. The Hall–Kier alpha value is -1.95. The monoisotopic (exact) mass is 304 g/mol. The van der Waals surface area contributed by atoms with Crippen LogP contribution in [0.15, 0.2) is 30.7 Å². The normalized spacial score (nSPS) is 18.0.